The van der Waals surface area contributed by atoms with Crippen LogP contribution in [-0.4, -0.2) is 35.1 Å². The van der Waals surface area contributed by atoms with E-state index in [2.05, 4.69) is 5.32 Å². The highest BCUT2D eigenvalue weighted by atomic mass is 16.3. The second kappa shape index (κ2) is 8.35. The van der Waals surface area contributed by atoms with Gasteiger partial charge in [0.15, 0.2) is 0 Å². The molecule has 23 heavy (non-hydrogen) atoms. The van der Waals surface area contributed by atoms with E-state index in [-0.39, 0.29) is 18.2 Å². The molecular formula is C18H23N3O2. The van der Waals surface area contributed by atoms with E-state index < -0.39 is 5.91 Å². The second-order valence-electron chi connectivity index (χ2n) is 5.88. The quantitative estimate of drug-likeness (QED) is 0.647. The van der Waals surface area contributed by atoms with Crippen molar-refractivity contribution < 1.29 is 9.90 Å². The number of hydrogen-bond donors (Lipinski definition) is 2. The highest BCUT2D eigenvalue weighted by Crippen LogP contribution is 2.21. The van der Waals surface area contributed by atoms with E-state index in [1.165, 1.54) is 0 Å². The highest BCUT2D eigenvalue weighted by molar-refractivity contribution is 6.06. The van der Waals surface area contributed by atoms with Crippen molar-refractivity contribution in [3.05, 3.63) is 41.6 Å². The van der Waals surface area contributed by atoms with Crippen molar-refractivity contribution in [2.75, 3.05) is 18.5 Å². The Morgan fingerprint density at radius 1 is 1.52 bits per heavy atom. The molecule has 0 saturated carbocycles. The minimum Gasteiger partial charge on any atom is -0.396 e. The molecule has 1 amide bonds. The number of likely N-dealkylation sites (tertiary alicyclic amines) is 1. The van der Waals surface area contributed by atoms with Crippen molar-refractivity contribution in [1.29, 1.82) is 5.26 Å². The lowest BCUT2D eigenvalue weighted by Crippen LogP contribution is -2.37. The van der Waals surface area contributed by atoms with E-state index in [1.807, 2.05) is 36.1 Å². The molecule has 1 atom stereocenters. The lowest BCUT2D eigenvalue weighted by molar-refractivity contribution is -0.112. The average molecular weight is 313 g/mol. The Morgan fingerprint density at radius 2 is 2.35 bits per heavy atom. The third-order valence-electron chi connectivity index (χ3n) is 4.07. The van der Waals surface area contributed by atoms with Crippen molar-refractivity contribution in [1.82, 2.24) is 4.90 Å². The molecule has 0 aliphatic carbocycles. The molecule has 0 radical (unpaired) electrons. The number of piperidine rings is 1. The zero-order valence-corrected chi connectivity index (χ0v) is 13.5. The molecule has 5 heteroatoms. The van der Waals surface area contributed by atoms with Crippen LogP contribution >= 0.6 is 0 Å². The monoisotopic (exact) mass is 313 g/mol. The Hall–Kier alpha value is -2.32. The van der Waals surface area contributed by atoms with Crippen LogP contribution in [-0.2, 0) is 4.79 Å². The number of hydrogen-bond acceptors (Lipinski definition) is 4. The molecule has 2 N–H and O–H groups in total. The second-order valence-corrected chi connectivity index (χ2v) is 5.88. The lowest BCUT2D eigenvalue weighted by Gasteiger charge is -2.34. The SMILES string of the molecule is Cc1cccc(NC(=O)/C(C#N)=C\N2CCCCC2CCO)c1. The van der Waals surface area contributed by atoms with E-state index in [0.29, 0.717) is 12.1 Å². The molecule has 1 aliphatic heterocycles. The minimum atomic E-state index is -0.397. The van der Waals surface area contributed by atoms with E-state index in [4.69, 9.17) is 5.11 Å². The van der Waals surface area contributed by atoms with Crippen LogP contribution < -0.4 is 5.32 Å². The summed E-state index contributed by atoms with van der Waals surface area (Å²) in [5.74, 6) is -0.397. The number of aliphatic hydroxyl groups excluding tert-OH is 1. The maximum absolute atomic E-state index is 12.3. The molecule has 1 aliphatic rings. The highest BCUT2D eigenvalue weighted by Gasteiger charge is 2.21. The molecule has 122 valence electrons. The molecule has 0 aromatic heterocycles. The molecule has 5 nitrogen and oxygen atoms in total. The molecule has 0 spiro atoms. The Kier molecular flexibility index (Phi) is 6.19. The number of carbonyl (C=O) groups excluding carboxylic acids is 1. The van der Waals surface area contributed by atoms with E-state index in [0.717, 1.165) is 31.4 Å². The number of amides is 1. The van der Waals surface area contributed by atoms with Gasteiger partial charge in [-0.2, -0.15) is 5.26 Å². The summed E-state index contributed by atoms with van der Waals surface area (Å²) in [4.78, 5) is 14.3. The number of carbonyl (C=O) groups is 1. The Bertz CT molecular complexity index is 617. The first-order valence-electron chi connectivity index (χ1n) is 8.00. The van der Waals surface area contributed by atoms with Crippen molar-refractivity contribution in [3.8, 4) is 6.07 Å². The van der Waals surface area contributed by atoms with Gasteiger partial charge in [-0.15, -0.1) is 0 Å². The molecule has 1 fully saturated rings. The summed E-state index contributed by atoms with van der Waals surface area (Å²) in [5, 5.41) is 21.3. The molecule has 1 aromatic rings. The van der Waals surface area contributed by atoms with E-state index in [1.54, 1.807) is 12.3 Å². The first kappa shape index (κ1) is 17.0. The predicted molar refractivity (Wildman–Crippen MR) is 89.6 cm³/mol. The van der Waals surface area contributed by atoms with Crippen molar-refractivity contribution in [2.45, 2.75) is 38.6 Å². The Balaban J connectivity index is 2.10. The van der Waals surface area contributed by atoms with Gasteiger partial charge in [-0.05, 0) is 50.3 Å². The number of nitrogens with one attached hydrogen (secondary N) is 1. The Morgan fingerprint density at radius 3 is 3.04 bits per heavy atom. The number of nitrogens with zero attached hydrogens (tertiary/aromatic N) is 2. The fourth-order valence-corrected chi connectivity index (χ4v) is 2.88. The fourth-order valence-electron chi connectivity index (χ4n) is 2.88. The maximum Gasteiger partial charge on any atom is 0.267 e. The molecular weight excluding hydrogens is 290 g/mol. The number of anilines is 1. The van der Waals surface area contributed by atoms with Gasteiger partial charge in [0.25, 0.3) is 5.91 Å². The van der Waals surface area contributed by atoms with Gasteiger partial charge in [0.2, 0.25) is 0 Å². The number of nitriles is 1. The van der Waals surface area contributed by atoms with Gasteiger partial charge in [0, 0.05) is 31.1 Å². The molecule has 2 rings (SSSR count). The fraction of sp³-hybridized carbons (Fsp3) is 0.444. The van der Waals surface area contributed by atoms with Gasteiger partial charge in [-0.1, -0.05) is 12.1 Å². The maximum atomic E-state index is 12.3. The summed E-state index contributed by atoms with van der Waals surface area (Å²) in [6.45, 7) is 2.88. The van der Waals surface area contributed by atoms with Crippen molar-refractivity contribution in [2.24, 2.45) is 0 Å². The Labute approximate surface area is 137 Å². The molecule has 1 aromatic carbocycles. The standard InChI is InChI=1S/C18H23N3O2/c1-14-5-4-6-16(11-14)20-18(23)15(12-19)13-21-9-3-2-7-17(21)8-10-22/h4-6,11,13,17,22H,2-3,7-10H2,1H3,(H,20,23)/b15-13-. The van der Waals surface area contributed by atoms with E-state index >= 15 is 0 Å². The minimum absolute atomic E-state index is 0.0938. The van der Waals surface area contributed by atoms with Crippen LogP contribution in [0.2, 0.25) is 0 Å². The van der Waals surface area contributed by atoms with Gasteiger partial charge in [-0.25, -0.2) is 0 Å². The van der Waals surface area contributed by atoms with Gasteiger partial charge in [-0.3, -0.25) is 4.79 Å². The van der Waals surface area contributed by atoms with Crippen LogP contribution in [0.4, 0.5) is 5.69 Å². The largest absolute Gasteiger partial charge is 0.396 e. The zero-order valence-electron chi connectivity index (χ0n) is 13.5. The number of aryl methyl sites for hydroxylation is 1. The molecule has 1 heterocycles. The normalized spacial score (nSPS) is 18.4. The summed E-state index contributed by atoms with van der Waals surface area (Å²) >= 11 is 0. The topological polar surface area (TPSA) is 76.4 Å². The van der Waals surface area contributed by atoms with Crippen molar-refractivity contribution >= 4 is 11.6 Å². The van der Waals surface area contributed by atoms with Crippen molar-refractivity contribution in [3.63, 3.8) is 0 Å². The molecule has 0 bridgehead atoms. The molecule has 1 unspecified atom stereocenters. The number of rotatable bonds is 5. The van der Waals surface area contributed by atoms with E-state index in [9.17, 15) is 10.1 Å². The number of benzene rings is 1. The average Bonchev–Trinajstić information content (AvgIpc) is 2.54. The van der Waals surface area contributed by atoms with Gasteiger partial charge >= 0.3 is 0 Å². The van der Waals surface area contributed by atoms with Crippen LogP contribution in [0.3, 0.4) is 0 Å². The summed E-state index contributed by atoms with van der Waals surface area (Å²) in [7, 11) is 0. The zero-order chi connectivity index (χ0) is 16.7. The third-order valence-corrected chi connectivity index (χ3v) is 4.07. The lowest BCUT2D eigenvalue weighted by atomic mass is 10.00. The summed E-state index contributed by atoms with van der Waals surface area (Å²) < 4.78 is 0. The van der Waals surface area contributed by atoms with Gasteiger partial charge in [0.05, 0.1) is 0 Å². The third kappa shape index (κ3) is 4.83. The summed E-state index contributed by atoms with van der Waals surface area (Å²) in [5.41, 5.74) is 1.82. The first-order chi connectivity index (χ1) is 11.1. The number of aliphatic hydroxyl groups is 1. The van der Waals surface area contributed by atoms with Crippen LogP contribution in [0, 0.1) is 18.3 Å². The van der Waals surface area contributed by atoms with Crippen LogP contribution in [0.5, 0.6) is 0 Å². The van der Waals surface area contributed by atoms with Crippen LogP contribution in [0.1, 0.15) is 31.2 Å². The van der Waals surface area contributed by atoms with Gasteiger partial charge < -0.3 is 15.3 Å². The summed E-state index contributed by atoms with van der Waals surface area (Å²) in [6, 6.07) is 9.67. The molecule has 1 saturated heterocycles. The van der Waals surface area contributed by atoms with Gasteiger partial charge in [0.1, 0.15) is 11.6 Å². The summed E-state index contributed by atoms with van der Waals surface area (Å²) in [6.07, 6.45) is 5.44. The van der Waals surface area contributed by atoms with Crippen LogP contribution in [0.25, 0.3) is 0 Å². The first-order valence-corrected chi connectivity index (χ1v) is 8.00. The van der Waals surface area contributed by atoms with Crippen LogP contribution in [0.15, 0.2) is 36.0 Å². The predicted octanol–water partition coefficient (Wildman–Crippen LogP) is 2.58. The smallest absolute Gasteiger partial charge is 0.267 e.